The molecule has 0 amide bonds. The van der Waals surface area contributed by atoms with Crippen molar-refractivity contribution in [2.75, 3.05) is 0 Å². The lowest BCUT2D eigenvalue weighted by atomic mass is 10.0. The van der Waals surface area contributed by atoms with Gasteiger partial charge in [0.05, 0.1) is 16.1 Å². The van der Waals surface area contributed by atoms with E-state index in [2.05, 4.69) is 15.0 Å². The minimum Gasteiger partial charge on any atom is -0.507 e. The molecule has 3 aromatic rings. The Balaban J connectivity index is 1.92. The van der Waals surface area contributed by atoms with E-state index in [-0.39, 0.29) is 34.7 Å². The molecule has 8 nitrogen and oxygen atoms in total. The van der Waals surface area contributed by atoms with Gasteiger partial charge in [-0.25, -0.2) is 15.0 Å². The van der Waals surface area contributed by atoms with Gasteiger partial charge in [-0.05, 0) is 43.2 Å². The van der Waals surface area contributed by atoms with Crippen LogP contribution in [0.5, 0.6) is 11.5 Å². The molecular weight excluding hydrogens is 372 g/mol. The highest BCUT2D eigenvalue weighted by Crippen LogP contribution is 2.33. The molecule has 1 aliphatic carbocycles. The van der Waals surface area contributed by atoms with Crippen molar-refractivity contribution in [3.63, 3.8) is 0 Å². The van der Waals surface area contributed by atoms with Gasteiger partial charge in [0.15, 0.2) is 17.5 Å². The van der Waals surface area contributed by atoms with Gasteiger partial charge in [0.2, 0.25) is 0 Å². The number of allylic oxidation sites excluding steroid dienone is 3. The van der Waals surface area contributed by atoms with E-state index in [1.54, 1.807) is 42.5 Å². The molecule has 2 N–H and O–H groups in total. The number of nitrogens with zero attached hydrogens (tertiary/aromatic N) is 4. The Labute approximate surface area is 165 Å². The lowest BCUT2D eigenvalue weighted by Crippen LogP contribution is -2.06. The minimum absolute atomic E-state index is 0.00335. The Bertz CT molecular complexity index is 1110. The van der Waals surface area contributed by atoms with E-state index in [9.17, 15) is 20.3 Å². The van der Waals surface area contributed by atoms with E-state index in [0.717, 1.165) is 0 Å². The van der Waals surface area contributed by atoms with Gasteiger partial charge in [-0.15, -0.1) is 0 Å². The predicted molar refractivity (Wildman–Crippen MR) is 106 cm³/mol. The predicted octanol–water partition coefficient (Wildman–Crippen LogP) is 3.95. The zero-order valence-electron chi connectivity index (χ0n) is 15.2. The molecule has 8 heteroatoms. The first-order chi connectivity index (χ1) is 14.0. The van der Waals surface area contributed by atoms with Gasteiger partial charge in [0.1, 0.15) is 11.5 Å². The first-order valence-corrected chi connectivity index (χ1v) is 8.91. The van der Waals surface area contributed by atoms with E-state index in [0.29, 0.717) is 29.5 Å². The van der Waals surface area contributed by atoms with E-state index < -0.39 is 4.92 Å². The fourth-order valence-electron chi connectivity index (χ4n) is 3.07. The van der Waals surface area contributed by atoms with Crippen molar-refractivity contribution in [2.45, 2.75) is 12.8 Å². The zero-order valence-corrected chi connectivity index (χ0v) is 15.2. The quantitative estimate of drug-likeness (QED) is 0.512. The van der Waals surface area contributed by atoms with Crippen LogP contribution in [0.25, 0.3) is 28.3 Å². The number of para-hydroxylation sites is 2. The van der Waals surface area contributed by atoms with E-state index in [1.807, 2.05) is 0 Å². The monoisotopic (exact) mass is 388 g/mol. The first-order valence-electron chi connectivity index (χ1n) is 8.91. The highest BCUT2D eigenvalue weighted by atomic mass is 16.6. The standard InChI is InChI=1S/C21H16N4O4/c26-17-10-3-1-8-15(17)20-22-19(13-6-5-7-14(12-13)25(28)29)23-21(24-20)16-9-2-4-11-18(16)27/h1-4,7-12,26-27H,5-6H2. The highest BCUT2D eigenvalue weighted by Gasteiger charge is 2.20. The summed E-state index contributed by atoms with van der Waals surface area (Å²) < 4.78 is 0. The van der Waals surface area contributed by atoms with Crippen molar-refractivity contribution in [1.29, 1.82) is 0 Å². The van der Waals surface area contributed by atoms with Gasteiger partial charge in [0, 0.05) is 11.6 Å². The maximum atomic E-state index is 11.2. The number of phenolic OH excluding ortho intramolecular Hbond substituents is 2. The third kappa shape index (κ3) is 3.68. The van der Waals surface area contributed by atoms with Crippen LogP contribution < -0.4 is 0 Å². The van der Waals surface area contributed by atoms with Crippen LogP contribution >= 0.6 is 0 Å². The number of benzene rings is 2. The summed E-state index contributed by atoms with van der Waals surface area (Å²) in [5, 5.41) is 31.6. The average Bonchev–Trinajstić information content (AvgIpc) is 2.74. The van der Waals surface area contributed by atoms with Crippen molar-refractivity contribution < 1.29 is 15.1 Å². The number of hydrogen-bond donors (Lipinski definition) is 2. The molecule has 0 radical (unpaired) electrons. The second-order valence-corrected chi connectivity index (χ2v) is 6.43. The van der Waals surface area contributed by atoms with Crippen molar-refractivity contribution in [3.05, 3.63) is 82.3 Å². The molecular formula is C21H16N4O4. The van der Waals surface area contributed by atoms with Crippen LogP contribution in [0, 0.1) is 10.1 Å². The molecule has 0 aliphatic heterocycles. The van der Waals surface area contributed by atoms with Crippen molar-refractivity contribution in [2.24, 2.45) is 0 Å². The molecule has 0 unspecified atom stereocenters. The fourth-order valence-corrected chi connectivity index (χ4v) is 3.07. The van der Waals surface area contributed by atoms with Gasteiger partial charge in [-0.3, -0.25) is 10.1 Å². The second-order valence-electron chi connectivity index (χ2n) is 6.43. The molecule has 2 aromatic carbocycles. The molecule has 0 saturated heterocycles. The van der Waals surface area contributed by atoms with Gasteiger partial charge < -0.3 is 10.2 Å². The summed E-state index contributed by atoms with van der Waals surface area (Å²) in [7, 11) is 0. The van der Waals surface area contributed by atoms with E-state index in [4.69, 9.17) is 0 Å². The molecule has 144 valence electrons. The number of aromatic hydroxyl groups is 2. The topological polar surface area (TPSA) is 122 Å². The number of aromatic nitrogens is 3. The Hall–Kier alpha value is -4.07. The minimum atomic E-state index is -0.450. The average molecular weight is 388 g/mol. The van der Waals surface area contributed by atoms with Crippen LogP contribution in [0.4, 0.5) is 0 Å². The van der Waals surface area contributed by atoms with Gasteiger partial charge in [-0.2, -0.15) is 0 Å². The maximum Gasteiger partial charge on any atom is 0.265 e. The molecule has 1 heterocycles. The highest BCUT2D eigenvalue weighted by molar-refractivity contribution is 5.72. The number of hydrogen-bond acceptors (Lipinski definition) is 7. The summed E-state index contributed by atoms with van der Waals surface area (Å²) in [5.74, 6) is 0.686. The fraction of sp³-hybridized carbons (Fsp3) is 0.0952. The van der Waals surface area contributed by atoms with Crippen LogP contribution in [-0.2, 0) is 0 Å². The van der Waals surface area contributed by atoms with Crippen LogP contribution in [0.15, 0.2) is 66.4 Å². The molecule has 0 spiro atoms. The Morgan fingerprint density at radius 3 is 1.86 bits per heavy atom. The summed E-state index contributed by atoms with van der Waals surface area (Å²) in [6, 6.07) is 13.2. The van der Waals surface area contributed by atoms with Gasteiger partial charge in [-0.1, -0.05) is 24.3 Å². The second kappa shape index (κ2) is 7.51. The van der Waals surface area contributed by atoms with Gasteiger partial charge >= 0.3 is 0 Å². The smallest absolute Gasteiger partial charge is 0.265 e. The molecule has 0 saturated carbocycles. The van der Waals surface area contributed by atoms with E-state index in [1.165, 1.54) is 18.2 Å². The third-order valence-electron chi connectivity index (χ3n) is 4.51. The summed E-state index contributed by atoms with van der Waals surface area (Å²) in [5.41, 5.74) is 1.37. The Morgan fingerprint density at radius 1 is 0.828 bits per heavy atom. The normalized spacial score (nSPS) is 13.5. The largest absolute Gasteiger partial charge is 0.507 e. The maximum absolute atomic E-state index is 11.2. The lowest BCUT2D eigenvalue weighted by Gasteiger charge is -2.12. The molecule has 1 aromatic heterocycles. The number of phenols is 2. The zero-order chi connectivity index (χ0) is 20.4. The van der Waals surface area contributed by atoms with Crippen molar-refractivity contribution in [3.8, 4) is 34.3 Å². The number of nitro groups is 1. The lowest BCUT2D eigenvalue weighted by molar-refractivity contribution is -0.419. The molecule has 0 atom stereocenters. The number of rotatable bonds is 4. The van der Waals surface area contributed by atoms with Crippen molar-refractivity contribution >= 4 is 5.57 Å². The molecule has 1 aliphatic rings. The Morgan fingerprint density at radius 2 is 1.34 bits per heavy atom. The van der Waals surface area contributed by atoms with Crippen LogP contribution in [0.1, 0.15) is 18.7 Å². The molecule has 4 rings (SSSR count). The summed E-state index contributed by atoms with van der Waals surface area (Å²) in [6.07, 6.45) is 4.02. The van der Waals surface area contributed by atoms with Crippen LogP contribution in [-0.4, -0.2) is 30.1 Å². The summed E-state index contributed by atoms with van der Waals surface area (Å²) >= 11 is 0. The Kier molecular flexibility index (Phi) is 4.74. The SMILES string of the molecule is O=[N+]([O-])C1=CCCC(c2nc(-c3ccccc3O)nc(-c3ccccc3O)n2)=C1. The summed E-state index contributed by atoms with van der Waals surface area (Å²) in [6.45, 7) is 0. The molecule has 29 heavy (non-hydrogen) atoms. The van der Waals surface area contributed by atoms with Gasteiger partial charge in [0.25, 0.3) is 5.70 Å². The molecule has 0 bridgehead atoms. The van der Waals surface area contributed by atoms with Crippen LogP contribution in [0.2, 0.25) is 0 Å². The third-order valence-corrected chi connectivity index (χ3v) is 4.51. The molecule has 0 fully saturated rings. The van der Waals surface area contributed by atoms with Crippen molar-refractivity contribution in [1.82, 2.24) is 15.0 Å². The first kappa shape index (κ1) is 18.3. The van der Waals surface area contributed by atoms with Crippen LogP contribution in [0.3, 0.4) is 0 Å². The summed E-state index contributed by atoms with van der Waals surface area (Å²) in [4.78, 5) is 24.1. The van der Waals surface area contributed by atoms with E-state index >= 15 is 0 Å².